The van der Waals surface area contributed by atoms with Gasteiger partial charge >= 0.3 is 0 Å². The molecule has 2 fully saturated rings. The molecule has 2 aliphatic heterocycles. The Morgan fingerprint density at radius 3 is 1.22 bits per heavy atom. The highest BCUT2D eigenvalue weighted by atomic mass is 16.1. The van der Waals surface area contributed by atoms with Crippen LogP contribution >= 0.6 is 0 Å². The molecule has 2 heterocycles. The molecule has 0 amide bonds. The summed E-state index contributed by atoms with van der Waals surface area (Å²) in [6.45, 7) is 3.78. The molecule has 4 nitrogen and oxygen atoms in total. The number of Topliss-reactive ketones (excluding diaryl/α,β-unsaturated/α-hetero) is 2. The summed E-state index contributed by atoms with van der Waals surface area (Å²) in [6.07, 6.45) is 7.07. The van der Waals surface area contributed by atoms with Crippen molar-refractivity contribution in [2.24, 2.45) is 0 Å². The average molecular weight is 425 g/mol. The van der Waals surface area contributed by atoms with Gasteiger partial charge in [0.25, 0.3) is 0 Å². The molecule has 4 rings (SSSR count). The number of carbonyl (C=O) groups is 2. The summed E-state index contributed by atoms with van der Waals surface area (Å²) in [7, 11) is 0. The van der Waals surface area contributed by atoms with Crippen LogP contribution in [0.5, 0.6) is 0 Å². The van der Waals surface area contributed by atoms with Gasteiger partial charge in [0.2, 0.25) is 11.6 Å². The largest absolute Gasteiger partial charge is 0.332 e. The van der Waals surface area contributed by atoms with Gasteiger partial charge in [0, 0.05) is 49.4 Å². The van der Waals surface area contributed by atoms with Crippen LogP contribution in [0.1, 0.15) is 59.2 Å². The van der Waals surface area contributed by atoms with Crippen LogP contribution in [0.2, 0.25) is 0 Å². The van der Waals surface area contributed by atoms with E-state index in [1.54, 1.807) is 0 Å². The smallest absolute Gasteiger partial charge is 0.237 e. The maximum Gasteiger partial charge on any atom is 0.237 e. The van der Waals surface area contributed by atoms with Gasteiger partial charge in [0.15, 0.2) is 0 Å². The summed E-state index contributed by atoms with van der Waals surface area (Å²) in [6, 6.07) is 20.9. The van der Waals surface area contributed by atoms with E-state index in [-0.39, 0.29) is 11.6 Å². The third-order valence-corrected chi connectivity index (χ3v) is 5.99. The number of piperidine rings is 2. The van der Waals surface area contributed by atoms with Crippen molar-refractivity contribution in [2.75, 3.05) is 26.2 Å². The second-order valence-corrected chi connectivity index (χ2v) is 8.38. The fraction of sp³-hybridized carbons (Fsp3) is 0.357. The van der Waals surface area contributed by atoms with E-state index in [4.69, 9.17) is 0 Å². The van der Waals surface area contributed by atoms with E-state index >= 15 is 0 Å². The number of nitrogens with zero attached hydrogens (tertiary/aromatic N) is 2. The van der Waals surface area contributed by atoms with Crippen molar-refractivity contribution in [1.29, 1.82) is 0 Å². The molecule has 0 atom stereocenters. The Morgan fingerprint density at radius 2 is 0.875 bits per heavy atom. The summed E-state index contributed by atoms with van der Waals surface area (Å²) in [5.41, 5.74) is 3.17. The number of rotatable bonds is 3. The monoisotopic (exact) mass is 424 g/mol. The van der Waals surface area contributed by atoms with Crippen LogP contribution in [0, 0.1) is 23.9 Å². The zero-order valence-corrected chi connectivity index (χ0v) is 18.4. The molecular formula is C28H28N2O2. The highest BCUT2D eigenvalue weighted by Gasteiger charge is 2.09. The molecule has 2 aliphatic rings. The van der Waals surface area contributed by atoms with E-state index in [1.807, 2.05) is 58.3 Å². The van der Waals surface area contributed by atoms with Crippen LogP contribution in [0.25, 0.3) is 11.1 Å². The van der Waals surface area contributed by atoms with Crippen molar-refractivity contribution in [3.8, 4) is 35.1 Å². The number of benzene rings is 2. The summed E-state index contributed by atoms with van der Waals surface area (Å²) in [4.78, 5) is 28.8. The fourth-order valence-electron chi connectivity index (χ4n) is 4.04. The van der Waals surface area contributed by atoms with Crippen LogP contribution in [0.4, 0.5) is 0 Å². The molecule has 2 aromatic rings. The van der Waals surface area contributed by atoms with Gasteiger partial charge in [-0.3, -0.25) is 9.59 Å². The van der Waals surface area contributed by atoms with Gasteiger partial charge in [0.05, 0.1) is 0 Å². The van der Waals surface area contributed by atoms with E-state index in [1.165, 1.54) is 12.8 Å². The van der Waals surface area contributed by atoms with E-state index in [0.29, 0.717) is 11.1 Å². The van der Waals surface area contributed by atoms with Crippen LogP contribution < -0.4 is 0 Å². The first-order valence-electron chi connectivity index (χ1n) is 11.5. The standard InChI is InChI=1S/C28H28N2O2/c31-27(15-21-29-17-3-1-4-18-29)25-11-7-23(8-12-25)24-9-13-26(14-10-24)28(32)16-22-30-19-5-2-6-20-30/h7-14H,1-6,17-20H2. The lowest BCUT2D eigenvalue weighted by molar-refractivity contribution is 0.104. The van der Waals surface area contributed by atoms with Crippen LogP contribution in [-0.4, -0.2) is 47.5 Å². The molecule has 0 bridgehead atoms. The summed E-state index contributed by atoms with van der Waals surface area (Å²) >= 11 is 0. The molecule has 0 saturated carbocycles. The number of carbonyl (C=O) groups excluding carboxylic acids is 2. The Morgan fingerprint density at radius 1 is 0.531 bits per heavy atom. The van der Waals surface area contributed by atoms with Crippen LogP contribution in [0.3, 0.4) is 0 Å². The average Bonchev–Trinajstić information content (AvgIpc) is 2.87. The van der Waals surface area contributed by atoms with Gasteiger partial charge in [-0.1, -0.05) is 24.3 Å². The molecule has 0 N–H and O–H groups in total. The summed E-state index contributed by atoms with van der Waals surface area (Å²) < 4.78 is 0. The van der Waals surface area contributed by atoms with Crippen LogP contribution in [0.15, 0.2) is 48.5 Å². The van der Waals surface area contributed by atoms with Gasteiger partial charge in [-0.25, -0.2) is 0 Å². The van der Waals surface area contributed by atoms with E-state index in [0.717, 1.165) is 63.0 Å². The molecule has 0 aliphatic carbocycles. The summed E-state index contributed by atoms with van der Waals surface area (Å²) in [5, 5.41) is 0. The Bertz CT molecular complexity index is 977. The molecule has 4 heteroatoms. The SMILES string of the molecule is O=C(C#CN1CCCCC1)c1ccc(-c2ccc(C(=O)C#CN3CCCCC3)cc2)cc1. The number of hydrogen-bond donors (Lipinski definition) is 0. The lowest BCUT2D eigenvalue weighted by Gasteiger charge is -2.21. The quantitative estimate of drug-likeness (QED) is 0.533. The third-order valence-electron chi connectivity index (χ3n) is 5.99. The molecule has 0 unspecified atom stereocenters. The molecule has 0 radical (unpaired) electrons. The fourth-order valence-corrected chi connectivity index (χ4v) is 4.04. The molecule has 2 saturated heterocycles. The van der Waals surface area contributed by atoms with Crippen molar-refractivity contribution in [1.82, 2.24) is 9.80 Å². The molecule has 0 aromatic heterocycles. The van der Waals surface area contributed by atoms with Crippen molar-refractivity contribution in [2.45, 2.75) is 38.5 Å². The first kappa shape index (κ1) is 21.7. The van der Waals surface area contributed by atoms with Crippen molar-refractivity contribution >= 4 is 11.6 Å². The van der Waals surface area contributed by atoms with Gasteiger partial charge in [-0.2, -0.15) is 0 Å². The normalized spacial score (nSPS) is 15.8. The van der Waals surface area contributed by atoms with Crippen molar-refractivity contribution in [3.63, 3.8) is 0 Å². The van der Waals surface area contributed by atoms with Gasteiger partial charge in [-0.15, -0.1) is 0 Å². The maximum absolute atomic E-state index is 12.4. The minimum absolute atomic E-state index is 0.157. The predicted molar refractivity (Wildman–Crippen MR) is 127 cm³/mol. The topological polar surface area (TPSA) is 40.6 Å². The molecular weight excluding hydrogens is 396 g/mol. The summed E-state index contributed by atoms with van der Waals surface area (Å²) in [5.74, 6) is 5.22. The van der Waals surface area contributed by atoms with Crippen molar-refractivity contribution in [3.05, 3.63) is 59.7 Å². The highest BCUT2D eigenvalue weighted by molar-refractivity contribution is 6.09. The van der Waals surface area contributed by atoms with Gasteiger partial charge in [-0.05, 0) is 85.8 Å². The van der Waals surface area contributed by atoms with E-state index < -0.39 is 0 Å². The molecule has 0 spiro atoms. The highest BCUT2D eigenvalue weighted by Crippen LogP contribution is 2.21. The maximum atomic E-state index is 12.4. The lowest BCUT2D eigenvalue weighted by atomic mass is 10.0. The number of hydrogen-bond acceptors (Lipinski definition) is 4. The van der Waals surface area contributed by atoms with Gasteiger partial charge < -0.3 is 9.80 Å². The third kappa shape index (κ3) is 5.80. The molecule has 32 heavy (non-hydrogen) atoms. The number of ketones is 2. The Balaban J connectivity index is 1.37. The first-order chi connectivity index (χ1) is 15.7. The second kappa shape index (κ2) is 10.7. The molecule has 2 aromatic carbocycles. The Labute approximate surface area is 190 Å². The second-order valence-electron chi connectivity index (χ2n) is 8.38. The van der Waals surface area contributed by atoms with Gasteiger partial charge in [0.1, 0.15) is 0 Å². The van der Waals surface area contributed by atoms with E-state index in [2.05, 4.69) is 23.9 Å². The lowest BCUT2D eigenvalue weighted by Crippen LogP contribution is -2.25. The zero-order valence-electron chi connectivity index (χ0n) is 18.4. The first-order valence-corrected chi connectivity index (χ1v) is 11.5. The molecule has 162 valence electrons. The number of likely N-dealkylation sites (tertiary alicyclic amines) is 2. The van der Waals surface area contributed by atoms with Crippen LogP contribution in [-0.2, 0) is 0 Å². The zero-order chi connectivity index (χ0) is 22.2. The Hall–Kier alpha value is -3.50. The Kier molecular flexibility index (Phi) is 7.26. The minimum Gasteiger partial charge on any atom is -0.332 e. The van der Waals surface area contributed by atoms with E-state index in [9.17, 15) is 9.59 Å². The van der Waals surface area contributed by atoms with Crippen molar-refractivity contribution < 1.29 is 9.59 Å². The predicted octanol–water partition coefficient (Wildman–Crippen LogP) is 4.61. The minimum atomic E-state index is -0.157.